The van der Waals surface area contributed by atoms with Crippen molar-refractivity contribution in [2.45, 2.75) is 6.54 Å². The molecule has 1 N–H and O–H groups in total. The van der Waals surface area contributed by atoms with E-state index >= 15 is 0 Å². The fraction of sp³-hybridized carbons (Fsp3) is 0.154. The summed E-state index contributed by atoms with van der Waals surface area (Å²) in [5.41, 5.74) is 1.62. The van der Waals surface area contributed by atoms with Crippen LogP contribution in [0.4, 0.5) is 0 Å². The van der Waals surface area contributed by atoms with Crippen LogP contribution >= 0.6 is 11.6 Å². The molecule has 19 heavy (non-hydrogen) atoms. The van der Waals surface area contributed by atoms with Crippen LogP contribution < -0.4 is 5.32 Å². The lowest BCUT2D eigenvalue weighted by Crippen LogP contribution is -2.24. The van der Waals surface area contributed by atoms with Gasteiger partial charge in [-0.2, -0.15) is 10.4 Å². The largest absolute Gasteiger partial charge is 0.346 e. The molecular formula is C13H11ClN4O. The van der Waals surface area contributed by atoms with E-state index in [1.54, 1.807) is 36.0 Å². The van der Waals surface area contributed by atoms with Crippen LogP contribution in [-0.2, 0) is 13.6 Å². The molecule has 0 atom stereocenters. The van der Waals surface area contributed by atoms with Gasteiger partial charge in [0, 0.05) is 12.6 Å². The maximum absolute atomic E-state index is 11.9. The Morgan fingerprint density at radius 3 is 3.00 bits per heavy atom. The van der Waals surface area contributed by atoms with Crippen LogP contribution in [0.15, 0.2) is 30.5 Å². The van der Waals surface area contributed by atoms with E-state index in [-0.39, 0.29) is 12.5 Å². The minimum Gasteiger partial charge on any atom is -0.346 e. The molecule has 0 unspecified atom stereocenters. The normalized spacial score (nSPS) is 9.95. The van der Waals surface area contributed by atoms with Crippen LogP contribution in [0.1, 0.15) is 21.6 Å². The monoisotopic (exact) mass is 274 g/mol. The molecule has 0 saturated heterocycles. The average Bonchev–Trinajstić information content (AvgIpc) is 2.75. The number of halogens is 1. The molecular weight excluding hydrogens is 264 g/mol. The van der Waals surface area contributed by atoms with Gasteiger partial charge >= 0.3 is 0 Å². The third-order valence-corrected chi connectivity index (χ3v) is 3.00. The van der Waals surface area contributed by atoms with E-state index in [0.717, 1.165) is 5.69 Å². The van der Waals surface area contributed by atoms with Crippen LogP contribution in [0.2, 0.25) is 5.02 Å². The summed E-state index contributed by atoms with van der Waals surface area (Å²) in [6.07, 6.45) is 1.53. The van der Waals surface area contributed by atoms with Crippen molar-refractivity contribution in [3.8, 4) is 6.07 Å². The maximum atomic E-state index is 11.9. The molecule has 0 aliphatic rings. The minimum absolute atomic E-state index is 0.255. The van der Waals surface area contributed by atoms with E-state index in [4.69, 9.17) is 16.9 Å². The first-order valence-electron chi connectivity index (χ1n) is 5.56. The van der Waals surface area contributed by atoms with Crippen LogP contribution in [0.3, 0.4) is 0 Å². The summed E-state index contributed by atoms with van der Waals surface area (Å²) >= 11 is 5.94. The van der Waals surface area contributed by atoms with Gasteiger partial charge in [-0.3, -0.25) is 9.48 Å². The molecule has 1 amide bonds. The quantitative estimate of drug-likeness (QED) is 0.929. The lowest BCUT2D eigenvalue weighted by molar-refractivity contribution is 0.0950. The predicted molar refractivity (Wildman–Crippen MR) is 70.5 cm³/mol. The standard InChI is InChI=1S/C13H11ClN4O/c1-18-12(11(14)7-17-18)8-16-13(19)10-4-2-3-9(5-10)6-15/h2-5,7H,8H2,1H3,(H,16,19). The van der Waals surface area contributed by atoms with Gasteiger partial charge in [-0.15, -0.1) is 0 Å². The number of hydrogen-bond donors (Lipinski definition) is 1. The fourth-order valence-corrected chi connectivity index (χ4v) is 1.86. The van der Waals surface area contributed by atoms with E-state index < -0.39 is 0 Å². The summed E-state index contributed by atoms with van der Waals surface area (Å²) in [6, 6.07) is 8.51. The van der Waals surface area contributed by atoms with Crippen molar-refractivity contribution in [3.05, 3.63) is 52.3 Å². The molecule has 2 aromatic rings. The smallest absolute Gasteiger partial charge is 0.251 e. The van der Waals surface area contributed by atoms with Gasteiger partial charge in [-0.1, -0.05) is 17.7 Å². The van der Waals surface area contributed by atoms with Crippen molar-refractivity contribution in [1.29, 1.82) is 5.26 Å². The number of amides is 1. The highest BCUT2D eigenvalue weighted by Gasteiger charge is 2.10. The topological polar surface area (TPSA) is 70.7 Å². The second-order valence-corrected chi connectivity index (χ2v) is 4.35. The Bertz CT molecular complexity index is 637. The van der Waals surface area contributed by atoms with Crippen LogP contribution in [0.5, 0.6) is 0 Å². The molecule has 1 aromatic heterocycles. The van der Waals surface area contributed by atoms with Gasteiger partial charge in [-0.25, -0.2) is 0 Å². The molecule has 0 aliphatic carbocycles. The summed E-state index contributed by atoms with van der Waals surface area (Å²) in [6.45, 7) is 0.283. The predicted octanol–water partition coefficient (Wildman–Crippen LogP) is 1.88. The highest BCUT2D eigenvalue weighted by molar-refractivity contribution is 6.31. The van der Waals surface area contributed by atoms with E-state index in [2.05, 4.69) is 10.4 Å². The van der Waals surface area contributed by atoms with Crippen LogP contribution in [0, 0.1) is 11.3 Å². The molecule has 0 aliphatic heterocycles. The average molecular weight is 275 g/mol. The zero-order chi connectivity index (χ0) is 13.8. The van der Waals surface area contributed by atoms with Crippen molar-refractivity contribution < 1.29 is 4.79 Å². The number of aromatic nitrogens is 2. The van der Waals surface area contributed by atoms with Crippen molar-refractivity contribution in [2.24, 2.45) is 7.05 Å². The summed E-state index contributed by atoms with van der Waals surface area (Å²) in [4.78, 5) is 11.9. The molecule has 1 aromatic carbocycles. The fourth-order valence-electron chi connectivity index (χ4n) is 1.63. The Morgan fingerprint density at radius 1 is 1.58 bits per heavy atom. The van der Waals surface area contributed by atoms with Crippen molar-refractivity contribution in [3.63, 3.8) is 0 Å². The van der Waals surface area contributed by atoms with Gasteiger partial charge in [0.05, 0.1) is 35.1 Å². The number of nitrogens with zero attached hydrogens (tertiary/aromatic N) is 3. The van der Waals surface area contributed by atoms with Gasteiger partial charge < -0.3 is 5.32 Å². The number of carbonyl (C=O) groups is 1. The van der Waals surface area contributed by atoms with Gasteiger partial charge in [0.1, 0.15) is 0 Å². The number of nitriles is 1. The van der Waals surface area contributed by atoms with Gasteiger partial charge in [0.2, 0.25) is 0 Å². The van der Waals surface area contributed by atoms with E-state index in [9.17, 15) is 4.79 Å². The molecule has 2 rings (SSSR count). The van der Waals surface area contributed by atoms with Gasteiger partial charge in [0.25, 0.3) is 5.91 Å². The molecule has 0 fully saturated rings. The van der Waals surface area contributed by atoms with Crippen molar-refractivity contribution >= 4 is 17.5 Å². The zero-order valence-corrected chi connectivity index (χ0v) is 11.0. The molecule has 96 valence electrons. The van der Waals surface area contributed by atoms with Crippen molar-refractivity contribution in [2.75, 3.05) is 0 Å². The highest BCUT2D eigenvalue weighted by Crippen LogP contribution is 2.13. The number of carbonyl (C=O) groups excluding carboxylic acids is 1. The molecule has 6 heteroatoms. The maximum Gasteiger partial charge on any atom is 0.251 e. The number of rotatable bonds is 3. The number of hydrogen-bond acceptors (Lipinski definition) is 3. The molecule has 0 radical (unpaired) electrons. The van der Waals surface area contributed by atoms with Crippen LogP contribution in [0.25, 0.3) is 0 Å². The summed E-state index contributed by atoms with van der Waals surface area (Å²) < 4.78 is 1.61. The summed E-state index contributed by atoms with van der Waals surface area (Å²) in [7, 11) is 1.75. The SMILES string of the molecule is Cn1ncc(Cl)c1CNC(=O)c1cccc(C#N)c1. The van der Waals surface area contributed by atoms with E-state index in [1.165, 1.54) is 6.20 Å². The lowest BCUT2D eigenvalue weighted by atomic mass is 10.1. The highest BCUT2D eigenvalue weighted by atomic mass is 35.5. The first-order chi connectivity index (χ1) is 9.11. The second kappa shape index (κ2) is 5.55. The Kier molecular flexibility index (Phi) is 3.83. The van der Waals surface area contributed by atoms with Crippen molar-refractivity contribution in [1.82, 2.24) is 15.1 Å². The Hall–Kier alpha value is -2.32. The Morgan fingerprint density at radius 2 is 2.37 bits per heavy atom. The van der Waals surface area contributed by atoms with Gasteiger partial charge in [-0.05, 0) is 18.2 Å². The summed E-state index contributed by atoms with van der Waals surface area (Å²) in [5, 5.41) is 16.0. The number of aryl methyl sites for hydroxylation is 1. The van der Waals surface area contributed by atoms with Crippen LogP contribution in [-0.4, -0.2) is 15.7 Å². The molecule has 0 saturated carbocycles. The van der Waals surface area contributed by atoms with E-state index in [0.29, 0.717) is 16.1 Å². The van der Waals surface area contributed by atoms with E-state index in [1.807, 2.05) is 6.07 Å². The molecule has 1 heterocycles. The minimum atomic E-state index is -0.255. The molecule has 5 nitrogen and oxygen atoms in total. The molecule has 0 spiro atoms. The van der Waals surface area contributed by atoms with Gasteiger partial charge in [0.15, 0.2) is 0 Å². The molecule has 0 bridgehead atoms. The zero-order valence-electron chi connectivity index (χ0n) is 10.2. The third kappa shape index (κ3) is 2.92. The summed E-state index contributed by atoms with van der Waals surface area (Å²) in [5.74, 6) is -0.255. The number of benzene rings is 1. The third-order valence-electron chi connectivity index (χ3n) is 2.68. The first kappa shape index (κ1) is 13.1. The Labute approximate surface area is 115 Å². The number of nitrogens with one attached hydrogen (secondary N) is 1. The first-order valence-corrected chi connectivity index (χ1v) is 5.94. The second-order valence-electron chi connectivity index (χ2n) is 3.94. The lowest BCUT2D eigenvalue weighted by Gasteiger charge is -2.06. The Balaban J connectivity index is 2.08.